The van der Waals surface area contributed by atoms with E-state index in [0.29, 0.717) is 29.4 Å². The lowest BCUT2D eigenvalue weighted by molar-refractivity contribution is -0.105. The third-order valence-electron chi connectivity index (χ3n) is 1.90. The quantitative estimate of drug-likeness (QED) is 0.769. The minimum Gasteiger partial charge on any atom is -0.334 e. The molecule has 1 amide bonds. The van der Waals surface area contributed by atoms with Crippen molar-refractivity contribution in [2.75, 3.05) is 5.32 Å². The molecule has 5 nitrogen and oxygen atoms in total. The van der Waals surface area contributed by atoms with Crippen LogP contribution in [0.2, 0.25) is 0 Å². The Bertz CT molecular complexity index is 479. The number of hydrogen-bond donors (Lipinski definition) is 1. The van der Waals surface area contributed by atoms with Crippen LogP contribution in [0.1, 0.15) is 5.82 Å². The highest BCUT2D eigenvalue weighted by molar-refractivity contribution is 5.82. The Morgan fingerprint density at radius 3 is 2.87 bits per heavy atom. The van der Waals surface area contributed by atoms with E-state index in [9.17, 15) is 4.79 Å². The molecule has 0 aliphatic rings. The van der Waals surface area contributed by atoms with Gasteiger partial charge in [-0.3, -0.25) is 4.79 Å². The standard InChI is InChI=1S/C10H9N3O2/c1-7-12-10(15-13-7)8-4-2-3-5-9(8)11-6-14/h2-6H,1H3,(H,11,14). The van der Waals surface area contributed by atoms with Crippen LogP contribution in [0.5, 0.6) is 0 Å². The van der Waals surface area contributed by atoms with Crippen molar-refractivity contribution in [3.8, 4) is 11.5 Å². The maximum absolute atomic E-state index is 10.4. The van der Waals surface area contributed by atoms with Crippen molar-refractivity contribution in [2.45, 2.75) is 6.92 Å². The van der Waals surface area contributed by atoms with Gasteiger partial charge in [-0.1, -0.05) is 17.3 Å². The second kappa shape index (κ2) is 3.91. The summed E-state index contributed by atoms with van der Waals surface area (Å²) in [5.41, 5.74) is 1.36. The van der Waals surface area contributed by atoms with Gasteiger partial charge < -0.3 is 9.84 Å². The Kier molecular flexibility index (Phi) is 2.45. The minimum absolute atomic E-state index is 0.400. The maximum atomic E-state index is 10.4. The highest BCUT2D eigenvalue weighted by Gasteiger charge is 2.10. The Morgan fingerprint density at radius 2 is 2.20 bits per heavy atom. The molecule has 0 spiro atoms. The second-order valence-corrected chi connectivity index (χ2v) is 2.95. The summed E-state index contributed by atoms with van der Waals surface area (Å²) >= 11 is 0. The van der Waals surface area contributed by atoms with Gasteiger partial charge >= 0.3 is 0 Å². The average molecular weight is 203 g/mol. The number of nitrogens with zero attached hydrogens (tertiary/aromatic N) is 2. The monoisotopic (exact) mass is 203 g/mol. The first-order valence-corrected chi connectivity index (χ1v) is 4.41. The Hall–Kier alpha value is -2.17. The van der Waals surface area contributed by atoms with Gasteiger partial charge in [-0.25, -0.2) is 0 Å². The van der Waals surface area contributed by atoms with Crippen molar-refractivity contribution < 1.29 is 9.32 Å². The van der Waals surface area contributed by atoms with Crippen LogP contribution >= 0.6 is 0 Å². The van der Waals surface area contributed by atoms with Gasteiger partial charge in [0, 0.05) is 0 Å². The minimum atomic E-state index is 0.400. The van der Waals surface area contributed by atoms with E-state index in [4.69, 9.17) is 4.52 Å². The fourth-order valence-electron chi connectivity index (χ4n) is 1.27. The van der Waals surface area contributed by atoms with E-state index >= 15 is 0 Å². The molecule has 2 rings (SSSR count). The van der Waals surface area contributed by atoms with E-state index < -0.39 is 0 Å². The summed E-state index contributed by atoms with van der Waals surface area (Å²) in [5, 5.41) is 6.27. The first kappa shape index (κ1) is 9.39. The van der Waals surface area contributed by atoms with Gasteiger partial charge in [0.05, 0.1) is 11.3 Å². The molecule has 1 aromatic carbocycles. The first-order valence-electron chi connectivity index (χ1n) is 4.41. The predicted octanol–water partition coefficient (Wildman–Crippen LogP) is 1.61. The molecule has 0 atom stereocenters. The lowest BCUT2D eigenvalue weighted by Crippen LogP contribution is -1.95. The summed E-state index contributed by atoms with van der Waals surface area (Å²) in [6.07, 6.45) is 0.613. The number of carbonyl (C=O) groups is 1. The number of nitrogens with one attached hydrogen (secondary N) is 1. The number of amides is 1. The number of hydrogen-bond acceptors (Lipinski definition) is 4. The normalized spacial score (nSPS) is 9.93. The van der Waals surface area contributed by atoms with E-state index in [1.54, 1.807) is 19.1 Å². The molecule has 0 unspecified atom stereocenters. The van der Waals surface area contributed by atoms with Gasteiger partial charge in [0.25, 0.3) is 5.89 Å². The molecular formula is C10H9N3O2. The maximum Gasteiger partial charge on any atom is 0.260 e. The van der Waals surface area contributed by atoms with E-state index in [1.807, 2.05) is 12.1 Å². The first-order chi connectivity index (χ1) is 7.31. The van der Waals surface area contributed by atoms with Crippen molar-refractivity contribution in [1.29, 1.82) is 0 Å². The van der Waals surface area contributed by atoms with Crippen LogP contribution in [0.25, 0.3) is 11.5 Å². The van der Waals surface area contributed by atoms with Gasteiger partial charge in [-0.2, -0.15) is 4.98 Å². The highest BCUT2D eigenvalue weighted by Crippen LogP contribution is 2.25. The van der Waals surface area contributed by atoms with Crippen molar-refractivity contribution >= 4 is 12.1 Å². The lowest BCUT2D eigenvalue weighted by atomic mass is 10.2. The zero-order chi connectivity index (χ0) is 10.7. The third kappa shape index (κ3) is 1.85. The summed E-state index contributed by atoms with van der Waals surface area (Å²) in [6.45, 7) is 1.74. The molecule has 0 aliphatic heterocycles. The number of rotatable bonds is 3. The molecular weight excluding hydrogens is 194 g/mol. The third-order valence-corrected chi connectivity index (χ3v) is 1.90. The Balaban J connectivity index is 2.47. The smallest absolute Gasteiger partial charge is 0.260 e. The van der Waals surface area contributed by atoms with E-state index in [-0.39, 0.29) is 0 Å². The van der Waals surface area contributed by atoms with Gasteiger partial charge in [-0.05, 0) is 19.1 Å². The molecule has 76 valence electrons. The van der Waals surface area contributed by atoms with Gasteiger partial charge in [-0.15, -0.1) is 0 Å². The van der Waals surface area contributed by atoms with Crippen molar-refractivity contribution in [3.63, 3.8) is 0 Å². The Morgan fingerprint density at radius 1 is 1.40 bits per heavy atom. The zero-order valence-corrected chi connectivity index (χ0v) is 8.10. The number of aromatic nitrogens is 2. The van der Waals surface area contributed by atoms with E-state index in [2.05, 4.69) is 15.5 Å². The average Bonchev–Trinajstić information content (AvgIpc) is 2.66. The van der Waals surface area contributed by atoms with E-state index in [0.717, 1.165) is 0 Å². The molecule has 0 bridgehead atoms. The summed E-state index contributed by atoms with van der Waals surface area (Å²) in [5.74, 6) is 0.961. The number of carbonyl (C=O) groups excluding carboxylic acids is 1. The van der Waals surface area contributed by atoms with Gasteiger partial charge in [0.1, 0.15) is 0 Å². The molecule has 0 saturated heterocycles. The highest BCUT2D eigenvalue weighted by atomic mass is 16.5. The van der Waals surface area contributed by atoms with Crippen LogP contribution in [0.4, 0.5) is 5.69 Å². The summed E-state index contributed by atoms with van der Waals surface area (Å²) in [6, 6.07) is 7.23. The molecule has 1 aromatic heterocycles. The summed E-state index contributed by atoms with van der Waals surface area (Å²) < 4.78 is 5.02. The van der Waals surface area contributed by atoms with Crippen molar-refractivity contribution in [2.24, 2.45) is 0 Å². The fourth-order valence-corrected chi connectivity index (χ4v) is 1.27. The van der Waals surface area contributed by atoms with Crippen LogP contribution < -0.4 is 5.32 Å². The van der Waals surface area contributed by atoms with Crippen LogP contribution in [0.15, 0.2) is 28.8 Å². The second-order valence-electron chi connectivity index (χ2n) is 2.95. The van der Waals surface area contributed by atoms with Gasteiger partial charge in [0.15, 0.2) is 5.82 Å². The molecule has 5 heteroatoms. The molecule has 1 heterocycles. The summed E-state index contributed by atoms with van der Waals surface area (Å²) in [7, 11) is 0. The molecule has 0 fully saturated rings. The summed E-state index contributed by atoms with van der Waals surface area (Å²) in [4.78, 5) is 14.5. The molecule has 0 saturated carbocycles. The van der Waals surface area contributed by atoms with Crippen LogP contribution in [-0.2, 0) is 4.79 Å². The largest absolute Gasteiger partial charge is 0.334 e. The predicted molar refractivity (Wildman–Crippen MR) is 54.2 cm³/mol. The van der Waals surface area contributed by atoms with Crippen LogP contribution in [-0.4, -0.2) is 16.6 Å². The molecule has 2 aromatic rings. The topological polar surface area (TPSA) is 68.0 Å². The number of para-hydroxylation sites is 1. The van der Waals surface area contributed by atoms with Crippen LogP contribution in [0, 0.1) is 6.92 Å². The van der Waals surface area contributed by atoms with Gasteiger partial charge in [0.2, 0.25) is 6.41 Å². The van der Waals surface area contributed by atoms with Crippen molar-refractivity contribution in [1.82, 2.24) is 10.1 Å². The van der Waals surface area contributed by atoms with Crippen molar-refractivity contribution in [3.05, 3.63) is 30.1 Å². The molecule has 15 heavy (non-hydrogen) atoms. The molecule has 1 N–H and O–H groups in total. The lowest BCUT2D eigenvalue weighted by Gasteiger charge is -2.02. The SMILES string of the molecule is Cc1noc(-c2ccccc2NC=O)n1. The fraction of sp³-hybridized carbons (Fsp3) is 0.100. The Labute approximate surface area is 86.1 Å². The molecule has 0 radical (unpaired) electrons. The van der Waals surface area contributed by atoms with E-state index in [1.165, 1.54) is 0 Å². The van der Waals surface area contributed by atoms with Crippen LogP contribution in [0.3, 0.4) is 0 Å². The number of aryl methyl sites for hydroxylation is 1. The zero-order valence-electron chi connectivity index (χ0n) is 8.10. The number of benzene rings is 1. The number of anilines is 1. The molecule has 0 aliphatic carbocycles.